The van der Waals surface area contributed by atoms with E-state index in [9.17, 15) is 9.59 Å². The smallest absolute Gasteiger partial charge is 0.326 e. The number of nitrogens with zero attached hydrogens (tertiary/aromatic N) is 2. The maximum absolute atomic E-state index is 13.7. The van der Waals surface area contributed by atoms with E-state index in [4.69, 9.17) is 4.74 Å². The Morgan fingerprint density at radius 2 is 1.35 bits per heavy atom. The number of ether oxygens (including phenoxy) is 1. The summed E-state index contributed by atoms with van der Waals surface area (Å²) >= 11 is 0. The Bertz CT molecular complexity index is 986. The number of urea groups is 1. The third-order valence-corrected chi connectivity index (χ3v) is 5.39. The lowest BCUT2D eigenvalue weighted by molar-refractivity contribution is -0.131. The molecule has 1 N–H and O–H groups in total. The molecule has 0 spiro atoms. The zero-order chi connectivity index (χ0) is 21.7. The fourth-order valence-corrected chi connectivity index (χ4v) is 3.79. The Labute approximate surface area is 182 Å². The van der Waals surface area contributed by atoms with Gasteiger partial charge in [0.15, 0.2) is 5.54 Å². The van der Waals surface area contributed by atoms with Crippen LogP contribution in [0.1, 0.15) is 11.1 Å². The first kappa shape index (κ1) is 20.6. The molecule has 0 radical (unpaired) electrons. The van der Waals surface area contributed by atoms with Crippen molar-refractivity contribution in [3.05, 3.63) is 102 Å². The van der Waals surface area contributed by atoms with Gasteiger partial charge in [-0.05, 0) is 30.3 Å². The molecule has 158 valence electrons. The normalized spacial score (nSPS) is 15.2. The maximum atomic E-state index is 13.7. The van der Waals surface area contributed by atoms with Crippen LogP contribution < -0.4 is 10.1 Å². The summed E-state index contributed by atoms with van der Waals surface area (Å²) in [4.78, 5) is 29.7. The van der Waals surface area contributed by atoms with Gasteiger partial charge in [-0.1, -0.05) is 78.9 Å². The predicted molar refractivity (Wildman–Crippen MR) is 118 cm³/mol. The number of likely N-dealkylation sites (N-methyl/N-ethyl adjacent to an activating group) is 1. The summed E-state index contributed by atoms with van der Waals surface area (Å²) in [6.07, 6.45) is 0. The first-order valence-corrected chi connectivity index (χ1v) is 10.2. The predicted octanol–water partition coefficient (Wildman–Crippen LogP) is 3.45. The maximum Gasteiger partial charge on any atom is 0.326 e. The molecule has 0 bridgehead atoms. The summed E-state index contributed by atoms with van der Waals surface area (Å²) in [6, 6.07) is 27.9. The highest BCUT2D eigenvalue weighted by atomic mass is 16.5. The van der Waals surface area contributed by atoms with Crippen molar-refractivity contribution in [1.29, 1.82) is 0 Å². The van der Waals surface area contributed by atoms with E-state index < -0.39 is 11.6 Å². The third-order valence-electron chi connectivity index (χ3n) is 5.39. The highest BCUT2D eigenvalue weighted by Crippen LogP contribution is 2.35. The minimum Gasteiger partial charge on any atom is -0.492 e. The van der Waals surface area contributed by atoms with Crippen molar-refractivity contribution in [3.8, 4) is 5.75 Å². The SMILES string of the molecule is CN(CCOc1ccccc1)CN1C(=O)NC(c2ccccc2)(c2ccccc2)C1=O. The van der Waals surface area contributed by atoms with E-state index in [1.165, 1.54) is 4.90 Å². The number of hydrogen-bond acceptors (Lipinski definition) is 4. The van der Waals surface area contributed by atoms with Crippen LogP contribution in [0, 0.1) is 0 Å². The summed E-state index contributed by atoms with van der Waals surface area (Å²) in [5.74, 6) is 0.504. The number of carbonyl (C=O) groups excluding carboxylic acids is 2. The van der Waals surface area contributed by atoms with Crippen LogP contribution in [0.2, 0.25) is 0 Å². The van der Waals surface area contributed by atoms with Gasteiger partial charge in [-0.25, -0.2) is 9.69 Å². The Balaban J connectivity index is 1.51. The van der Waals surface area contributed by atoms with E-state index in [-0.39, 0.29) is 12.6 Å². The molecule has 0 aromatic heterocycles. The fraction of sp³-hybridized carbons (Fsp3) is 0.200. The molecule has 0 atom stereocenters. The van der Waals surface area contributed by atoms with Gasteiger partial charge in [-0.3, -0.25) is 9.69 Å². The van der Waals surface area contributed by atoms with Crippen LogP contribution in [0.25, 0.3) is 0 Å². The van der Waals surface area contributed by atoms with Crippen molar-refractivity contribution in [2.75, 3.05) is 26.9 Å². The standard InChI is InChI=1S/C25H25N3O3/c1-27(17-18-31-22-15-9-4-10-16-22)19-28-23(29)25(26-24(28)30,20-11-5-2-6-12-20)21-13-7-3-8-14-21/h2-16H,17-19H2,1H3,(H,26,30). The van der Waals surface area contributed by atoms with Crippen LogP contribution in [-0.2, 0) is 10.3 Å². The molecule has 1 saturated heterocycles. The number of imide groups is 1. The van der Waals surface area contributed by atoms with E-state index in [2.05, 4.69) is 5.32 Å². The van der Waals surface area contributed by atoms with Crippen LogP contribution in [0.3, 0.4) is 0 Å². The van der Waals surface area contributed by atoms with Gasteiger partial charge in [-0.2, -0.15) is 0 Å². The number of para-hydroxylation sites is 1. The molecule has 1 aliphatic rings. The molecule has 3 aromatic carbocycles. The topological polar surface area (TPSA) is 61.9 Å². The number of hydrogen-bond donors (Lipinski definition) is 1. The van der Waals surface area contributed by atoms with E-state index in [1.54, 1.807) is 0 Å². The highest BCUT2D eigenvalue weighted by Gasteiger charge is 2.53. The van der Waals surface area contributed by atoms with Crippen LogP contribution in [-0.4, -0.2) is 48.6 Å². The average molecular weight is 415 g/mol. The van der Waals surface area contributed by atoms with Crippen LogP contribution >= 0.6 is 0 Å². The van der Waals surface area contributed by atoms with Crippen LogP contribution in [0.15, 0.2) is 91.0 Å². The zero-order valence-electron chi connectivity index (χ0n) is 17.4. The van der Waals surface area contributed by atoms with E-state index in [0.717, 1.165) is 16.9 Å². The van der Waals surface area contributed by atoms with Gasteiger partial charge in [-0.15, -0.1) is 0 Å². The molecule has 3 aromatic rings. The number of rotatable bonds is 8. The molecule has 4 rings (SSSR count). The van der Waals surface area contributed by atoms with Crippen LogP contribution in [0.5, 0.6) is 5.75 Å². The summed E-state index contributed by atoms with van der Waals surface area (Å²) in [5.41, 5.74) is 0.232. The Morgan fingerprint density at radius 3 is 1.90 bits per heavy atom. The van der Waals surface area contributed by atoms with E-state index in [1.807, 2.05) is 103 Å². The molecular formula is C25H25N3O3. The molecule has 31 heavy (non-hydrogen) atoms. The summed E-state index contributed by atoms with van der Waals surface area (Å²) in [5, 5.41) is 2.97. The first-order chi connectivity index (χ1) is 15.1. The van der Waals surface area contributed by atoms with Gasteiger partial charge < -0.3 is 10.1 Å². The lowest BCUT2D eigenvalue weighted by Gasteiger charge is -2.28. The molecule has 1 fully saturated rings. The van der Waals surface area contributed by atoms with Crippen molar-refractivity contribution in [2.24, 2.45) is 0 Å². The first-order valence-electron chi connectivity index (χ1n) is 10.2. The number of amides is 3. The summed E-state index contributed by atoms with van der Waals surface area (Å²) in [7, 11) is 1.86. The Morgan fingerprint density at radius 1 is 0.839 bits per heavy atom. The largest absolute Gasteiger partial charge is 0.492 e. The van der Waals surface area contributed by atoms with E-state index in [0.29, 0.717) is 13.2 Å². The van der Waals surface area contributed by atoms with Crippen molar-refractivity contribution in [3.63, 3.8) is 0 Å². The average Bonchev–Trinajstić information content (AvgIpc) is 3.06. The van der Waals surface area contributed by atoms with Crippen molar-refractivity contribution < 1.29 is 14.3 Å². The van der Waals surface area contributed by atoms with Crippen molar-refractivity contribution >= 4 is 11.9 Å². The monoisotopic (exact) mass is 415 g/mol. The van der Waals surface area contributed by atoms with Gasteiger partial charge in [0.2, 0.25) is 0 Å². The van der Waals surface area contributed by atoms with Gasteiger partial charge in [0.1, 0.15) is 12.4 Å². The lowest BCUT2D eigenvalue weighted by Crippen LogP contribution is -2.46. The molecule has 3 amide bonds. The summed E-state index contributed by atoms with van der Waals surface area (Å²) < 4.78 is 5.73. The molecule has 0 saturated carbocycles. The van der Waals surface area contributed by atoms with E-state index >= 15 is 0 Å². The Hall–Kier alpha value is -3.64. The number of benzene rings is 3. The molecule has 0 aliphatic carbocycles. The minimum atomic E-state index is -1.24. The zero-order valence-corrected chi connectivity index (χ0v) is 17.4. The van der Waals surface area contributed by atoms with Crippen LogP contribution in [0.4, 0.5) is 4.79 Å². The Kier molecular flexibility index (Phi) is 6.00. The van der Waals surface area contributed by atoms with Gasteiger partial charge in [0.05, 0.1) is 6.67 Å². The quantitative estimate of drug-likeness (QED) is 0.573. The minimum absolute atomic E-state index is 0.171. The number of nitrogens with one attached hydrogen (secondary N) is 1. The molecule has 6 nitrogen and oxygen atoms in total. The van der Waals surface area contributed by atoms with Gasteiger partial charge in [0, 0.05) is 6.54 Å². The summed E-state index contributed by atoms with van der Waals surface area (Å²) in [6.45, 7) is 1.19. The second kappa shape index (κ2) is 9.02. The van der Waals surface area contributed by atoms with Gasteiger partial charge >= 0.3 is 6.03 Å². The molecule has 1 aliphatic heterocycles. The fourth-order valence-electron chi connectivity index (χ4n) is 3.79. The van der Waals surface area contributed by atoms with Crippen molar-refractivity contribution in [1.82, 2.24) is 15.1 Å². The third kappa shape index (κ3) is 4.15. The number of carbonyl (C=O) groups is 2. The molecule has 6 heteroatoms. The second-order valence-corrected chi connectivity index (χ2v) is 7.53. The lowest BCUT2D eigenvalue weighted by atomic mass is 9.83. The molecule has 1 heterocycles. The highest BCUT2D eigenvalue weighted by molar-refractivity contribution is 6.09. The van der Waals surface area contributed by atoms with Crippen molar-refractivity contribution in [2.45, 2.75) is 5.54 Å². The second-order valence-electron chi connectivity index (χ2n) is 7.53. The van der Waals surface area contributed by atoms with Gasteiger partial charge in [0.25, 0.3) is 5.91 Å². The molecule has 0 unspecified atom stereocenters. The molecular weight excluding hydrogens is 390 g/mol.